The summed E-state index contributed by atoms with van der Waals surface area (Å²) >= 11 is 0. The zero-order valence-electron chi connectivity index (χ0n) is 7.37. The lowest BCUT2D eigenvalue weighted by atomic mass is 10.1. The zero-order valence-corrected chi connectivity index (χ0v) is 7.37. The van der Waals surface area contributed by atoms with Crippen molar-refractivity contribution in [2.75, 3.05) is 0 Å². The van der Waals surface area contributed by atoms with Gasteiger partial charge in [-0.15, -0.1) is 0 Å². The number of nitrogens with zero attached hydrogens (tertiary/aromatic N) is 1. The summed E-state index contributed by atoms with van der Waals surface area (Å²) in [6, 6.07) is 7.62. The number of carbonyl (C=O) groups excluding carboxylic acids is 1. The van der Waals surface area contributed by atoms with Crippen LogP contribution in [0.1, 0.15) is 11.1 Å². The van der Waals surface area contributed by atoms with Gasteiger partial charge in [0.15, 0.2) is 6.19 Å². The monoisotopic (exact) mass is 174 g/mol. The minimum atomic E-state index is -0.267. The molecule has 0 bridgehead atoms. The summed E-state index contributed by atoms with van der Waals surface area (Å²) in [7, 11) is 0. The molecule has 0 saturated carbocycles. The van der Waals surface area contributed by atoms with Crippen molar-refractivity contribution < 1.29 is 4.79 Å². The Kier molecular flexibility index (Phi) is 3.04. The van der Waals surface area contributed by atoms with Crippen LogP contribution in [0.4, 0.5) is 0 Å². The molecule has 13 heavy (non-hydrogen) atoms. The van der Waals surface area contributed by atoms with E-state index in [1.54, 1.807) is 6.19 Å². The largest absolute Gasteiger partial charge is 0.274 e. The average Bonchev–Trinajstić information content (AvgIpc) is 2.09. The predicted octanol–water partition coefficient (Wildman–Crippen LogP) is 1.13. The summed E-state index contributed by atoms with van der Waals surface area (Å²) in [4.78, 5) is 11.0. The van der Waals surface area contributed by atoms with Crippen LogP contribution in [0.15, 0.2) is 24.3 Å². The third-order valence-electron chi connectivity index (χ3n) is 1.81. The van der Waals surface area contributed by atoms with Crippen molar-refractivity contribution in [1.29, 1.82) is 5.26 Å². The lowest BCUT2D eigenvalue weighted by molar-refractivity contribution is -0.119. The van der Waals surface area contributed by atoms with Crippen LogP contribution in [-0.2, 0) is 11.2 Å². The number of amides is 1. The Hall–Kier alpha value is -1.82. The Bertz CT molecular complexity index is 352. The maximum absolute atomic E-state index is 11.0. The second-order valence-corrected chi connectivity index (χ2v) is 2.76. The van der Waals surface area contributed by atoms with Gasteiger partial charge in [0.05, 0.1) is 6.42 Å². The Balaban J connectivity index is 2.70. The zero-order chi connectivity index (χ0) is 9.68. The maximum Gasteiger partial charge on any atom is 0.237 e. The molecule has 0 heterocycles. The number of hydrogen-bond acceptors (Lipinski definition) is 2. The lowest BCUT2D eigenvalue weighted by Gasteiger charge is -2.02. The SMILES string of the molecule is Cc1ccccc1CC(=O)NC#N. The molecular formula is C10H10N2O. The molecular weight excluding hydrogens is 164 g/mol. The second-order valence-electron chi connectivity index (χ2n) is 2.76. The van der Waals surface area contributed by atoms with Gasteiger partial charge in [0.1, 0.15) is 0 Å². The molecule has 3 nitrogen and oxygen atoms in total. The summed E-state index contributed by atoms with van der Waals surface area (Å²) in [5, 5.41) is 10.3. The molecule has 0 aliphatic carbocycles. The van der Waals surface area contributed by atoms with Crippen molar-refractivity contribution >= 4 is 5.91 Å². The molecule has 0 aliphatic heterocycles. The number of hydrogen-bond donors (Lipinski definition) is 1. The first kappa shape index (κ1) is 9.27. The number of carbonyl (C=O) groups is 1. The van der Waals surface area contributed by atoms with Crippen LogP contribution in [0, 0.1) is 18.4 Å². The van der Waals surface area contributed by atoms with E-state index < -0.39 is 0 Å². The van der Waals surface area contributed by atoms with Gasteiger partial charge in [-0.25, -0.2) is 0 Å². The molecule has 0 radical (unpaired) electrons. The maximum atomic E-state index is 11.0. The fourth-order valence-electron chi connectivity index (χ4n) is 1.09. The van der Waals surface area contributed by atoms with Crippen LogP contribution in [-0.4, -0.2) is 5.91 Å². The van der Waals surface area contributed by atoms with E-state index in [1.165, 1.54) is 0 Å². The summed E-state index contributed by atoms with van der Waals surface area (Å²) < 4.78 is 0. The van der Waals surface area contributed by atoms with E-state index in [2.05, 4.69) is 5.32 Å². The quantitative estimate of drug-likeness (QED) is 0.540. The molecule has 1 aromatic carbocycles. The van der Waals surface area contributed by atoms with Crippen LogP contribution < -0.4 is 5.32 Å². The van der Waals surface area contributed by atoms with Gasteiger partial charge in [-0.1, -0.05) is 24.3 Å². The minimum Gasteiger partial charge on any atom is -0.274 e. The topological polar surface area (TPSA) is 52.9 Å². The van der Waals surface area contributed by atoms with Crippen molar-refractivity contribution in [3.63, 3.8) is 0 Å². The molecule has 3 heteroatoms. The molecule has 0 saturated heterocycles. The van der Waals surface area contributed by atoms with E-state index in [4.69, 9.17) is 5.26 Å². The minimum absolute atomic E-state index is 0.264. The second kappa shape index (κ2) is 4.27. The standard InChI is InChI=1S/C10H10N2O/c1-8-4-2-3-5-9(8)6-10(13)12-7-11/h2-5H,6H2,1H3,(H,12,13). The van der Waals surface area contributed by atoms with Gasteiger partial charge in [0.25, 0.3) is 0 Å². The summed E-state index contributed by atoms with van der Waals surface area (Å²) in [6.07, 6.45) is 1.87. The lowest BCUT2D eigenvalue weighted by Crippen LogP contribution is -2.19. The van der Waals surface area contributed by atoms with E-state index >= 15 is 0 Å². The molecule has 1 amide bonds. The van der Waals surface area contributed by atoms with Gasteiger partial charge < -0.3 is 0 Å². The van der Waals surface area contributed by atoms with Crippen LogP contribution in [0.25, 0.3) is 0 Å². The van der Waals surface area contributed by atoms with Crippen molar-refractivity contribution in [1.82, 2.24) is 5.32 Å². The number of benzene rings is 1. The average molecular weight is 174 g/mol. The molecule has 1 aromatic rings. The first-order valence-electron chi connectivity index (χ1n) is 3.96. The van der Waals surface area contributed by atoms with Gasteiger partial charge in [0.2, 0.25) is 5.91 Å². The number of nitriles is 1. The molecule has 1 N–H and O–H groups in total. The molecule has 0 spiro atoms. The Morgan fingerprint density at radius 3 is 2.85 bits per heavy atom. The fraction of sp³-hybridized carbons (Fsp3) is 0.200. The highest BCUT2D eigenvalue weighted by molar-refractivity contribution is 5.80. The van der Waals surface area contributed by atoms with Gasteiger partial charge >= 0.3 is 0 Å². The van der Waals surface area contributed by atoms with Crippen molar-refractivity contribution in [2.24, 2.45) is 0 Å². The first-order valence-corrected chi connectivity index (χ1v) is 3.96. The highest BCUT2D eigenvalue weighted by Gasteiger charge is 2.03. The van der Waals surface area contributed by atoms with Crippen LogP contribution >= 0.6 is 0 Å². The molecule has 0 atom stereocenters. The third kappa shape index (κ3) is 2.60. The van der Waals surface area contributed by atoms with E-state index in [1.807, 2.05) is 31.2 Å². The molecule has 0 unspecified atom stereocenters. The molecule has 0 fully saturated rings. The Labute approximate surface area is 77.0 Å². The fourth-order valence-corrected chi connectivity index (χ4v) is 1.09. The highest BCUT2D eigenvalue weighted by Crippen LogP contribution is 2.06. The molecule has 0 aliphatic rings. The van der Waals surface area contributed by atoms with Gasteiger partial charge in [-0.3, -0.25) is 10.1 Å². The first-order chi connectivity index (χ1) is 6.24. The van der Waals surface area contributed by atoms with Gasteiger partial charge in [-0.2, -0.15) is 5.26 Å². The predicted molar refractivity (Wildman–Crippen MR) is 48.6 cm³/mol. The van der Waals surface area contributed by atoms with Gasteiger partial charge in [0, 0.05) is 0 Å². The van der Waals surface area contributed by atoms with Crippen LogP contribution in [0.3, 0.4) is 0 Å². The van der Waals surface area contributed by atoms with Crippen molar-refractivity contribution in [3.05, 3.63) is 35.4 Å². The van der Waals surface area contributed by atoms with Crippen molar-refractivity contribution in [3.8, 4) is 6.19 Å². The van der Waals surface area contributed by atoms with Crippen molar-refractivity contribution in [2.45, 2.75) is 13.3 Å². The van der Waals surface area contributed by atoms with E-state index in [9.17, 15) is 4.79 Å². The summed E-state index contributed by atoms with van der Waals surface area (Å²) in [6.45, 7) is 1.94. The molecule has 1 rings (SSSR count). The normalized spacial score (nSPS) is 8.92. The van der Waals surface area contributed by atoms with E-state index in [0.717, 1.165) is 11.1 Å². The number of rotatable bonds is 2. The smallest absolute Gasteiger partial charge is 0.237 e. The highest BCUT2D eigenvalue weighted by atomic mass is 16.1. The van der Waals surface area contributed by atoms with E-state index in [-0.39, 0.29) is 12.3 Å². The Morgan fingerprint density at radius 1 is 1.54 bits per heavy atom. The van der Waals surface area contributed by atoms with E-state index in [0.29, 0.717) is 0 Å². The van der Waals surface area contributed by atoms with Crippen LogP contribution in [0.5, 0.6) is 0 Å². The summed E-state index contributed by atoms with van der Waals surface area (Å²) in [5.74, 6) is -0.267. The van der Waals surface area contributed by atoms with Gasteiger partial charge in [-0.05, 0) is 18.1 Å². The third-order valence-corrected chi connectivity index (χ3v) is 1.81. The number of nitrogens with one attached hydrogen (secondary N) is 1. The van der Waals surface area contributed by atoms with Crippen LogP contribution in [0.2, 0.25) is 0 Å². The molecule has 66 valence electrons. The molecule has 0 aromatic heterocycles. The summed E-state index contributed by atoms with van der Waals surface area (Å²) in [5.41, 5.74) is 2.02. The number of aryl methyl sites for hydroxylation is 1. The Morgan fingerprint density at radius 2 is 2.23 bits per heavy atom.